The zero-order valence-electron chi connectivity index (χ0n) is 22.7. The summed E-state index contributed by atoms with van der Waals surface area (Å²) in [5, 5.41) is 18.0. The maximum atomic E-state index is 12.6. The molecule has 3 N–H and O–H groups in total. The van der Waals surface area contributed by atoms with Crippen LogP contribution in [0.3, 0.4) is 0 Å². The third kappa shape index (κ3) is 7.89. The van der Waals surface area contributed by atoms with Crippen LogP contribution in [-0.2, 0) is 14.3 Å². The van der Waals surface area contributed by atoms with Gasteiger partial charge >= 0.3 is 12.0 Å². The molecule has 0 saturated heterocycles. The summed E-state index contributed by atoms with van der Waals surface area (Å²) in [6.45, 7) is 2.96. The molecule has 0 spiro atoms. The van der Waals surface area contributed by atoms with Gasteiger partial charge in [0.05, 0.1) is 38.7 Å². The first-order valence-corrected chi connectivity index (χ1v) is 13.0. The van der Waals surface area contributed by atoms with Gasteiger partial charge in [0, 0.05) is 15.7 Å². The van der Waals surface area contributed by atoms with Crippen LogP contribution in [0.25, 0.3) is 0 Å². The van der Waals surface area contributed by atoms with Gasteiger partial charge in [0.2, 0.25) is 0 Å². The number of carbonyl (C=O) groups is 3. The van der Waals surface area contributed by atoms with Crippen LogP contribution in [0.1, 0.15) is 31.0 Å². The lowest BCUT2D eigenvalue weighted by Gasteiger charge is -2.28. The number of nitrogens with one attached hydrogen (secondary N) is 3. The second-order valence-electron chi connectivity index (χ2n) is 8.25. The number of amides is 3. The van der Waals surface area contributed by atoms with Gasteiger partial charge in [-0.1, -0.05) is 6.07 Å². The van der Waals surface area contributed by atoms with E-state index >= 15 is 0 Å². The molecular weight excluding hydrogens is 602 g/mol. The van der Waals surface area contributed by atoms with Gasteiger partial charge in [-0.15, -0.1) is 0 Å². The molecular formula is C27H28BrN5O8. The van der Waals surface area contributed by atoms with E-state index in [4.69, 9.17) is 28.9 Å². The van der Waals surface area contributed by atoms with Gasteiger partial charge in [-0.2, -0.15) is 10.4 Å². The lowest BCUT2D eigenvalue weighted by atomic mass is 9.95. The van der Waals surface area contributed by atoms with Crippen molar-refractivity contribution in [2.24, 2.45) is 5.10 Å². The fourth-order valence-corrected chi connectivity index (χ4v) is 4.21. The predicted molar refractivity (Wildman–Crippen MR) is 150 cm³/mol. The largest absolute Gasteiger partial charge is 0.493 e. The summed E-state index contributed by atoms with van der Waals surface area (Å²) in [7, 11) is 2.89. The van der Waals surface area contributed by atoms with Crippen molar-refractivity contribution in [3.05, 3.63) is 57.2 Å². The minimum atomic E-state index is -0.784. The Kier molecular flexibility index (Phi) is 10.9. The monoisotopic (exact) mass is 629 g/mol. The highest BCUT2D eigenvalue weighted by Crippen LogP contribution is 2.35. The van der Waals surface area contributed by atoms with E-state index in [0.717, 1.165) is 0 Å². The van der Waals surface area contributed by atoms with Crippen molar-refractivity contribution in [3.63, 3.8) is 0 Å². The van der Waals surface area contributed by atoms with Crippen molar-refractivity contribution >= 4 is 40.1 Å². The minimum absolute atomic E-state index is 0.139. The molecule has 14 heteroatoms. The van der Waals surface area contributed by atoms with Gasteiger partial charge in [0.25, 0.3) is 5.91 Å². The molecule has 0 aromatic heterocycles. The second-order valence-corrected chi connectivity index (χ2v) is 9.11. The molecule has 3 rings (SSSR count). The number of hydrogen-bond donors (Lipinski definition) is 3. The molecule has 1 atom stereocenters. The van der Waals surface area contributed by atoms with Gasteiger partial charge in [-0.05, 0) is 59.6 Å². The van der Waals surface area contributed by atoms with Crippen LogP contribution in [-0.4, -0.2) is 58.2 Å². The molecule has 216 valence electrons. The second kappa shape index (κ2) is 14.6. The van der Waals surface area contributed by atoms with Crippen LogP contribution in [0.15, 0.2) is 51.2 Å². The Balaban J connectivity index is 1.67. The minimum Gasteiger partial charge on any atom is -0.493 e. The lowest BCUT2D eigenvalue weighted by molar-refractivity contribution is -0.139. The van der Waals surface area contributed by atoms with E-state index in [2.05, 4.69) is 37.1 Å². The SMILES string of the molecule is CCOC(=O)C1=C(C)NC(=O)N[C@@H]1c1ccc(OCC(=O)N/N=C\c2cc(OC)c(OCC#N)cc2Br)c(OC)c1. The zero-order chi connectivity index (χ0) is 29.9. The predicted octanol–water partition coefficient (Wildman–Crippen LogP) is 3.09. The molecule has 1 aliphatic rings. The highest BCUT2D eigenvalue weighted by molar-refractivity contribution is 9.10. The molecule has 13 nitrogen and oxygen atoms in total. The number of halogens is 1. The number of rotatable bonds is 12. The van der Waals surface area contributed by atoms with E-state index < -0.39 is 23.9 Å². The number of benzene rings is 2. The standard InChI is InChI=1S/C27H28BrN5O8/c1-5-39-26(35)24-15(2)31-27(36)32-25(24)16-6-7-19(20(10-16)37-3)41-14-23(34)33-30-13-17-11-21(38-4)22(12-18(17)28)40-9-8-29/h6-7,10-13,25H,5,9,14H2,1-4H3,(H,33,34)(H2,31,32,36)/b30-13-/t25-/m1/s1. The van der Waals surface area contributed by atoms with Gasteiger partial charge < -0.3 is 34.3 Å². The Morgan fingerprint density at radius 3 is 2.54 bits per heavy atom. The van der Waals surface area contributed by atoms with E-state index in [9.17, 15) is 14.4 Å². The van der Waals surface area contributed by atoms with Gasteiger partial charge in [0.1, 0.15) is 6.07 Å². The fraction of sp³-hybridized carbons (Fsp3) is 0.296. The van der Waals surface area contributed by atoms with Crippen molar-refractivity contribution in [1.29, 1.82) is 5.26 Å². The summed E-state index contributed by atoms with van der Waals surface area (Å²) in [5.74, 6) is 0.197. The van der Waals surface area contributed by atoms with Crippen LogP contribution in [0.5, 0.6) is 23.0 Å². The van der Waals surface area contributed by atoms with E-state index in [1.54, 1.807) is 44.2 Å². The Bertz CT molecular complexity index is 1420. The summed E-state index contributed by atoms with van der Waals surface area (Å²) in [5.41, 5.74) is 4.14. The van der Waals surface area contributed by atoms with Crippen molar-refractivity contribution in [2.75, 3.05) is 34.0 Å². The number of allylic oxidation sites excluding steroid dienone is 1. The van der Waals surface area contributed by atoms with Gasteiger partial charge in [-0.25, -0.2) is 15.0 Å². The number of urea groups is 1. The van der Waals surface area contributed by atoms with Crippen molar-refractivity contribution in [1.82, 2.24) is 16.1 Å². The molecule has 2 aromatic carbocycles. The maximum absolute atomic E-state index is 12.6. The summed E-state index contributed by atoms with van der Waals surface area (Å²) in [4.78, 5) is 37.1. The molecule has 41 heavy (non-hydrogen) atoms. The van der Waals surface area contributed by atoms with Crippen molar-refractivity contribution in [3.8, 4) is 29.1 Å². The number of hydrogen-bond acceptors (Lipinski definition) is 10. The van der Waals surface area contributed by atoms with Crippen molar-refractivity contribution in [2.45, 2.75) is 19.9 Å². The Morgan fingerprint density at radius 2 is 1.85 bits per heavy atom. The first-order chi connectivity index (χ1) is 19.7. The van der Waals surface area contributed by atoms with Crippen LogP contribution in [0.4, 0.5) is 4.79 Å². The number of methoxy groups -OCH3 is 2. The summed E-state index contributed by atoms with van der Waals surface area (Å²) >= 11 is 3.39. The molecule has 1 heterocycles. The quantitative estimate of drug-likeness (QED) is 0.181. The number of ether oxygens (including phenoxy) is 5. The third-order valence-corrected chi connectivity index (χ3v) is 6.30. The van der Waals surface area contributed by atoms with Crippen LogP contribution in [0.2, 0.25) is 0 Å². The van der Waals surface area contributed by atoms with E-state index in [0.29, 0.717) is 32.8 Å². The number of nitriles is 1. The average molecular weight is 630 g/mol. The third-order valence-electron chi connectivity index (χ3n) is 5.61. The van der Waals surface area contributed by atoms with Crippen LogP contribution in [0, 0.1) is 11.3 Å². The van der Waals surface area contributed by atoms with Crippen molar-refractivity contribution < 1.29 is 38.1 Å². The molecule has 0 bridgehead atoms. The first kappa shape index (κ1) is 30.8. The van der Waals surface area contributed by atoms with Gasteiger partial charge in [-0.3, -0.25) is 4.79 Å². The highest BCUT2D eigenvalue weighted by Gasteiger charge is 2.32. The molecule has 0 saturated carbocycles. The highest BCUT2D eigenvalue weighted by atomic mass is 79.9. The molecule has 2 aromatic rings. The number of esters is 1. The maximum Gasteiger partial charge on any atom is 0.338 e. The number of nitrogens with zero attached hydrogens (tertiary/aromatic N) is 2. The summed E-state index contributed by atoms with van der Waals surface area (Å²) in [6, 6.07) is 8.70. The fourth-order valence-electron chi connectivity index (χ4n) is 3.79. The Morgan fingerprint density at radius 1 is 1.12 bits per heavy atom. The molecule has 0 aliphatic carbocycles. The Hall–Kier alpha value is -4.77. The number of hydrazone groups is 1. The summed E-state index contributed by atoms with van der Waals surface area (Å²) in [6.07, 6.45) is 1.40. The van der Waals surface area contributed by atoms with E-state index in [-0.39, 0.29) is 36.9 Å². The summed E-state index contributed by atoms with van der Waals surface area (Å²) < 4.78 is 27.4. The normalized spacial score (nSPS) is 14.4. The van der Waals surface area contributed by atoms with Crippen LogP contribution < -0.4 is 35.0 Å². The topological polar surface area (TPSA) is 170 Å². The first-order valence-electron chi connectivity index (χ1n) is 12.2. The molecule has 0 fully saturated rings. The smallest absolute Gasteiger partial charge is 0.338 e. The lowest BCUT2D eigenvalue weighted by Crippen LogP contribution is -2.45. The van der Waals surface area contributed by atoms with Crippen LogP contribution >= 0.6 is 15.9 Å². The molecule has 0 radical (unpaired) electrons. The number of carbonyl (C=O) groups excluding carboxylic acids is 3. The van der Waals surface area contributed by atoms with E-state index in [1.807, 2.05) is 6.07 Å². The van der Waals surface area contributed by atoms with E-state index in [1.165, 1.54) is 20.4 Å². The molecule has 1 aliphatic heterocycles. The molecule has 3 amide bonds. The molecule has 0 unspecified atom stereocenters. The zero-order valence-corrected chi connectivity index (χ0v) is 24.3. The Labute approximate surface area is 244 Å². The average Bonchev–Trinajstić information content (AvgIpc) is 2.95. The van der Waals surface area contributed by atoms with Gasteiger partial charge in [0.15, 0.2) is 36.2 Å².